The summed E-state index contributed by atoms with van der Waals surface area (Å²) in [5.41, 5.74) is 11.6. The number of rotatable bonds is 4. The zero-order valence-electron chi connectivity index (χ0n) is 21.0. The highest BCUT2D eigenvalue weighted by atomic mass is 16.3. The Kier molecular flexibility index (Phi) is 5.41. The molecule has 3 heterocycles. The highest BCUT2D eigenvalue weighted by Crippen LogP contribution is 2.37. The fourth-order valence-electron chi connectivity index (χ4n) is 5.14. The van der Waals surface area contributed by atoms with Gasteiger partial charge in [0.1, 0.15) is 5.58 Å². The van der Waals surface area contributed by atoms with Crippen LogP contribution in [0.15, 0.2) is 95.5 Å². The quantitative estimate of drug-likeness (QED) is 0.259. The van der Waals surface area contributed by atoms with Gasteiger partial charge in [-0.1, -0.05) is 68.4 Å². The SMILES string of the molecule is Cc1cc(-c2ccccc2)cc(C)c1-c1ccc2c(n1)oc1c(-c3cc(C(C)C)ccn3)cccc12. The van der Waals surface area contributed by atoms with Crippen molar-refractivity contribution in [1.82, 2.24) is 9.97 Å². The van der Waals surface area contributed by atoms with Crippen molar-refractivity contribution in [3.8, 4) is 33.6 Å². The van der Waals surface area contributed by atoms with Gasteiger partial charge in [-0.3, -0.25) is 4.98 Å². The van der Waals surface area contributed by atoms with Crippen LogP contribution >= 0.6 is 0 Å². The van der Waals surface area contributed by atoms with Crippen molar-refractivity contribution >= 4 is 22.1 Å². The van der Waals surface area contributed by atoms with Gasteiger partial charge in [0.15, 0.2) is 0 Å². The summed E-state index contributed by atoms with van der Waals surface area (Å²) >= 11 is 0. The first kappa shape index (κ1) is 22.2. The lowest BCUT2D eigenvalue weighted by molar-refractivity contribution is 0.655. The number of para-hydroxylation sites is 1. The molecule has 6 aromatic rings. The molecular weight excluding hydrogens is 440 g/mol. The van der Waals surface area contributed by atoms with E-state index in [1.807, 2.05) is 12.3 Å². The molecule has 0 aliphatic rings. The second-order valence-electron chi connectivity index (χ2n) is 9.81. The number of nitrogens with zero attached hydrogens (tertiary/aromatic N) is 2. The van der Waals surface area contributed by atoms with Crippen molar-refractivity contribution in [1.29, 1.82) is 0 Å². The van der Waals surface area contributed by atoms with Crippen LogP contribution in [0, 0.1) is 13.8 Å². The van der Waals surface area contributed by atoms with E-state index < -0.39 is 0 Å². The maximum atomic E-state index is 6.42. The van der Waals surface area contributed by atoms with E-state index in [9.17, 15) is 0 Å². The third-order valence-electron chi connectivity index (χ3n) is 6.99. The van der Waals surface area contributed by atoms with Crippen molar-refractivity contribution in [3.63, 3.8) is 0 Å². The standard InChI is InChI=1S/C33H28N2O/c1-20(2)24-15-16-34-30(19-24)28-12-8-11-26-27-13-14-29(35-33(27)36-32(26)28)31-21(3)17-25(18-22(31)4)23-9-6-5-7-10-23/h5-20H,1-4H3. The summed E-state index contributed by atoms with van der Waals surface area (Å²) in [5, 5.41) is 2.08. The average molecular weight is 469 g/mol. The molecule has 6 rings (SSSR count). The van der Waals surface area contributed by atoms with Crippen molar-refractivity contribution in [2.75, 3.05) is 0 Å². The van der Waals surface area contributed by atoms with Crippen LogP contribution < -0.4 is 0 Å². The van der Waals surface area contributed by atoms with Crippen LogP contribution in [-0.2, 0) is 0 Å². The van der Waals surface area contributed by atoms with Gasteiger partial charge in [0, 0.05) is 28.1 Å². The van der Waals surface area contributed by atoms with Crippen molar-refractivity contribution in [3.05, 3.63) is 108 Å². The number of aryl methyl sites for hydroxylation is 2. The molecule has 176 valence electrons. The van der Waals surface area contributed by atoms with Crippen LogP contribution in [-0.4, -0.2) is 9.97 Å². The molecule has 0 unspecified atom stereocenters. The van der Waals surface area contributed by atoms with E-state index in [4.69, 9.17) is 9.40 Å². The van der Waals surface area contributed by atoms with Gasteiger partial charge in [0.05, 0.1) is 11.4 Å². The lowest BCUT2D eigenvalue weighted by Crippen LogP contribution is -1.93. The Bertz CT molecular complexity index is 1710. The molecule has 3 nitrogen and oxygen atoms in total. The summed E-state index contributed by atoms with van der Waals surface area (Å²) in [6.45, 7) is 8.71. The number of aromatic nitrogens is 2. The lowest BCUT2D eigenvalue weighted by Gasteiger charge is -2.12. The van der Waals surface area contributed by atoms with Gasteiger partial charge < -0.3 is 4.42 Å². The molecular formula is C33H28N2O. The minimum atomic E-state index is 0.436. The predicted molar refractivity (Wildman–Crippen MR) is 149 cm³/mol. The fraction of sp³-hybridized carbons (Fsp3) is 0.152. The molecule has 0 saturated heterocycles. The molecule has 0 spiro atoms. The van der Waals surface area contributed by atoms with Gasteiger partial charge in [-0.15, -0.1) is 0 Å². The zero-order valence-corrected chi connectivity index (χ0v) is 21.0. The molecule has 0 N–H and O–H groups in total. The van der Waals surface area contributed by atoms with Gasteiger partial charge in [-0.05, 0) is 77.9 Å². The Labute approximate surface area is 211 Å². The van der Waals surface area contributed by atoms with Gasteiger partial charge in [0.25, 0.3) is 0 Å². The number of furan rings is 1. The van der Waals surface area contributed by atoms with E-state index in [0.29, 0.717) is 11.6 Å². The Morgan fingerprint density at radius 1 is 0.694 bits per heavy atom. The molecule has 3 aromatic carbocycles. The monoisotopic (exact) mass is 468 g/mol. The fourth-order valence-corrected chi connectivity index (χ4v) is 5.14. The van der Waals surface area contributed by atoms with E-state index in [0.717, 1.165) is 38.9 Å². The van der Waals surface area contributed by atoms with Gasteiger partial charge in [0.2, 0.25) is 5.71 Å². The van der Waals surface area contributed by atoms with E-state index in [1.165, 1.54) is 27.8 Å². The van der Waals surface area contributed by atoms with Crippen LogP contribution in [0.5, 0.6) is 0 Å². The van der Waals surface area contributed by atoms with Crippen LogP contribution in [0.25, 0.3) is 55.7 Å². The maximum absolute atomic E-state index is 6.42. The smallest absolute Gasteiger partial charge is 0.227 e. The first-order valence-electron chi connectivity index (χ1n) is 12.5. The Morgan fingerprint density at radius 2 is 1.47 bits per heavy atom. The van der Waals surface area contributed by atoms with Crippen LogP contribution in [0.4, 0.5) is 0 Å². The lowest BCUT2D eigenvalue weighted by atomic mass is 9.93. The zero-order chi connectivity index (χ0) is 24.8. The summed E-state index contributed by atoms with van der Waals surface area (Å²) in [6.07, 6.45) is 1.88. The average Bonchev–Trinajstić information content (AvgIpc) is 3.27. The second kappa shape index (κ2) is 8.76. The first-order valence-corrected chi connectivity index (χ1v) is 12.5. The number of benzene rings is 3. The normalized spacial score (nSPS) is 11.6. The molecule has 0 bridgehead atoms. The Balaban J connectivity index is 1.48. The summed E-state index contributed by atoms with van der Waals surface area (Å²) in [6, 6.07) is 29.7. The van der Waals surface area contributed by atoms with E-state index in [1.54, 1.807) is 0 Å². The summed E-state index contributed by atoms with van der Waals surface area (Å²) in [7, 11) is 0. The second-order valence-corrected chi connectivity index (χ2v) is 9.81. The summed E-state index contributed by atoms with van der Waals surface area (Å²) in [4.78, 5) is 9.65. The van der Waals surface area contributed by atoms with Gasteiger partial charge in [-0.25, -0.2) is 4.98 Å². The van der Waals surface area contributed by atoms with Gasteiger partial charge >= 0.3 is 0 Å². The number of pyridine rings is 2. The maximum Gasteiger partial charge on any atom is 0.227 e. The molecule has 3 heteroatoms. The summed E-state index contributed by atoms with van der Waals surface area (Å²) < 4.78 is 6.42. The van der Waals surface area contributed by atoms with Crippen LogP contribution in [0.1, 0.15) is 36.5 Å². The third-order valence-corrected chi connectivity index (χ3v) is 6.99. The number of hydrogen-bond acceptors (Lipinski definition) is 3. The van der Waals surface area contributed by atoms with E-state index in [-0.39, 0.29) is 0 Å². The Hall–Kier alpha value is -4.24. The molecule has 0 amide bonds. The molecule has 0 atom stereocenters. The highest BCUT2D eigenvalue weighted by Gasteiger charge is 2.17. The topological polar surface area (TPSA) is 38.9 Å². The summed E-state index contributed by atoms with van der Waals surface area (Å²) in [5.74, 6) is 0.436. The number of hydrogen-bond donors (Lipinski definition) is 0. The Morgan fingerprint density at radius 3 is 2.22 bits per heavy atom. The van der Waals surface area contributed by atoms with E-state index >= 15 is 0 Å². The van der Waals surface area contributed by atoms with Crippen molar-refractivity contribution < 1.29 is 4.42 Å². The van der Waals surface area contributed by atoms with Gasteiger partial charge in [-0.2, -0.15) is 0 Å². The minimum Gasteiger partial charge on any atom is -0.437 e. The largest absolute Gasteiger partial charge is 0.437 e. The predicted octanol–water partition coefficient (Wildman–Crippen LogP) is 9.12. The molecule has 0 aliphatic heterocycles. The molecule has 3 aromatic heterocycles. The molecule has 36 heavy (non-hydrogen) atoms. The van der Waals surface area contributed by atoms with Crippen molar-refractivity contribution in [2.24, 2.45) is 0 Å². The van der Waals surface area contributed by atoms with Crippen LogP contribution in [0.2, 0.25) is 0 Å². The molecule has 0 fully saturated rings. The molecule has 0 radical (unpaired) electrons. The molecule has 0 aliphatic carbocycles. The third kappa shape index (κ3) is 3.77. The van der Waals surface area contributed by atoms with Crippen molar-refractivity contribution in [2.45, 2.75) is 33.6 Å². The minimum absolute atomic E-state index is 0.436. The molecule has 0 saturated carbocycles. The highest BCUT2D eigenvalue weighted by molar-refractivity contribution is 6.08. The first-order chi connectivity index (χ1) is 17.5. The number of fused-ring (bicyclic) bond motifs is 3. The van der Waals surface area contributed by atoms with E-state index in [2.05, 4.69) is 112 Å². The van der Waals surface area contributed by atoms with Crippen LogP contribution in [0.3, 0.4) is 0 Å².